The molecule has 0 bridgehead atoms. The fourth-order valence-corrected chi connectivity index (χ4v) is 2.04. The summed E-state index contributed by atoms with van der Waals surface area (Å²) >= 11 is 3.40. The largest absolute Gasteiger partial charge is 0.280 e. The summed E-state index contributed by atoms with van der Waals surface area (Å²) < 4.78 is 0. The van der Waals surface area contributed by atoms with Crippen molar-refractivity contribution >= 4 is 27.8 Å². The Morgan fingerprint density at radius 3 is 2.73 bits per heavy atom. The van der Waals surface area contributed by atoms with Crippen LogP contribution in [0.2, 0.25) is 0 Å². The number of halogens is 1. The molecule has 0 spiro atoms. The quantitative estimate of drug-likeness (QED) is 0.766. The van der Waals surface area contributed by atoms with Gasteiger partial charge in [0.05, 0.1) is 0 Å². The van der Waals surface area contributed by atoms with Gasteiger partial charge >= 0.3 is 0 Å². The van der Waals surface area contributed by atoms with Crippen molar-refractivity contribution in [3.05, 3.63) is 18.0 Å². The van der Waals surface area contributed by atoms with Gasteiger partial charge in [-0.15, -0.1) is 0 Å². The maximum atomic E-state index is 11.7. The van der Waals surface area contributed by atoms with Gasteiger partial charge in [-0.05, 0) is 18.4 Å². The molecule has 5 heteroatoms. The average molecular weight is 270 g/mol. The van der Waals surface area contributed by atoms with Crippen LogP contribution in [-0.2, 0) is 4.79 Å². The SMILES string of the molecule is Cc1cnc(N2CC(CBr)CC2=O)nc1. The number of aromatic nitrogens is 2. The predicted molar refractivity (Wildman–Crippen MR) is 61.0 cm³/mol. The fourth-order valence-electron chi connectivity index (χ4n) is 1.60. The standard InChI is InChI=1S/C10H12BrN3O/c1-7-4-12-10(13-5-7)14-6-8(3-11)2-9(14)15/h4-5,8H,2-3,6H2,1H3. The Bertz CT molecular complexity index is 365. The summed E-state index contributed by atoms with van der Waals surface area (Å²) in [5.41, 5.74) is 1.00. The minimum absolute atomic E-state index is 0.114. The molecular formula is C10H12BrN3O. The van der Waals surface area contributed by atoms with Crippen LogP contribution in [0.15, 0.2) is 12.4 Å². The second kappa shape index (κ2) is 4.26. The molecule has 1 amide bonds. The lowest BCUT2D eigenvalue weighted by atomic mass is 10.2. The van der Waals surface area contributed by atoms with Crippen molar-refractivity contribution in [1.82, 2.24) is 9.97 Å². The van der Waals surface area contributed by atoms with Crippen molar-refractivity contribution in [3.63, 3.8) is 0 Å². The van der Waals surface area contributed by atoms with Crippen LogP contribution in [-0.4, -0.2) is 27.7 Å². The minimum atomic E-state index is 0.114. The molecule has 0 aliphatic carbocycles. The summed E-state index contributed by atoms with van der Waals surface area (Å²) in [5, 5.41) is 0.848. The van der Waals surface area contributed by atoms with Crippen LogP contribution in [0.5, 0.6) is 0 Å². The molecular weight excluding hydrogens is 258 g/mol. The molecule has 2 rings (SSSR count). The van der Waals surface area contributed by atoms with Gasteiger partial charge in [0.25, 0.3) is 0 Å². The topological polar surface area (TPSA) is 46.1 Å². The molecule has 0 aromatic carbocycles. The molecule has 1 aromatic heterocycles. The van der Waals surface area contributed by atoms with Crippen molar-refractivity contribution in [3.8, 4) is 0 Å². The van der Waals surface area contributed by atoms with E-state index in [1.54, 1.807) is 17.3 Å². The number of carbonyl (C=O) groups is 1. The maximum absolute atomic E-state index is 11.7. The normalized spacial score (nSPS) is 21.1. The second-order valence-corrected chi connectivity index (χ2v) is 4.44. The minimum Gasteiger partial charge on any atom is -0.280 e. The van der Waals surface area contributed by atoms with E-state index in [-0.39, 0.29) is 5.91 Å². The Hall–Kier alpha value is -0.970. The summed E-state index contributed by atoms with van der Waals surface area (Å²) in [5.74, 6) is 1.01. The molecule has 15 heavy (non-hydrogen) atoms. The lowest BCUT2D eigenvalue weighted by Crippen LogP contribution is -2.26. The number of hydrogen-bond acceptors (Lipinski definition) is 3. The van der Waals surface area contributed by atoms with Crippen LogP contribution in [0.1, 0.15) is 12.0 Å². The highest BCUT2D eigenvalue weighted by Gasteiger charge is 2.31. The molecule has 1 fully saturated rings. The summed E-state index contributed by atoms with van der Waals surface area (Å²) in [6.07, 6.45) is 4.05. The van der Waals surface area contributed by atoms with Gasteiger partial charge in [0.15, 0.2) is 0 Å². The summed E-state index contributed by atoms with van der Waals surface area (Å²) in [7, 11) is 0. The lowest BCUT2D eigenvalue weighted by molar-refractivity contribution is -0.117. The highest BCUT2D eigenvalue weighted by molar-refractivity contribution is 9.09. The van der Waals surface area contributed by atoms with Gasteiger partial charge in [0.2, 0.25) is 11.9 Å². The summed E-state index contributed by atoms with van der Waals surface area (Å²) in [6, 6.07) is 0. The van der Waals surface area contributed by atoms with Crippen LogP contribution < -0.4 is 4.90 Å². The van der Waals surface area contributed by atoms with Crippen LogP contribution >= 0.6 is 15.9 Å². The highest BCUT2D eigenvalue weighted by Crippen LogP contribution is 2.22. The van der Waals surface area contributed by atoms with E-state index >= 15 is 0 Å². The van der Waals surface area contributed by atoms with Crippen LogP contribution in [0.3, 0.4) is 0 Å². The zero-order valence-corrected chi connectivity index (χ0v) is 10.1. The van der Waals surface area contributed by atoms with E-state index in [2.05, 4.69) is 25.9 Å². The van der Waals surface area contributed by atoms with E-state index in [9.17, 15) is 4.79 Å². The molecule has 0 saturated carbocycles. The number of anilines is 1. The fraction of sp³-hybridized carbons (Fsp3) is 0.500. The van der Waals surface area contributed by atoms with Gasteiger partial charge in [-0.2, -0.15) is 0 Å². The number of hydrogen-bond donors (Lipinski definition) is 0. The Morgan fingerprint density at radius 1 is 1.53 bits per heavy atom. The average Bonchev–Trinajstić information content (AvgIpc) is 2.61. The van der Waals surface area contributed by atoms with Crippen molar-refractivity contribution in [2.24, 2.45) is 5.92 Å². The van der Waals surface area contributed by atoms with E-state index in [4.69, 9.17) is 0 Å². The van der Waals surface area contributed by atoms with Crippen molar-refractivity contribution < 1.29 is 4.79 Å². The Labute approximate surface area is 96.8 Å². The van der Waals surface area contributed by atoms with E-state index in [1.165, 1.54) is 0 Å². The molecule has 0 N–H and O–H groups in total. The Morgan fingerprint density at radius 2 is 2.20 bits per heavy atom. The number of aryl methyl sites for hydroxylation is 1. The predicted octanol–water partition coefficient (Wildman–Crippen LogP) is 1.53. The lowest BCUT2D eigenvalue weighted by Gasteiger charge is -2.13. The molecule has 80 valence electrons. The first-order valence-electron chi connectivity index (χ1n) is 4.85. The van der Waals surface area contributed by atoms with Crippen molar-refractivity contribution in [1.29, 1.82) is 0 Å². The Kier molecular flexibility index (Phi) is 3.00. The maximum Gasteiger partial charge on any atom is 0.232 e. The smallest absolute Gasteiger partial charge is 0.232 e. The molecule has 1 unspecified atom stereocenters. The van der Waals surface area contributed by atoms with Crippen LogP contribution in [0.4, 0.5) is 5.95 Å². The summed E-state index contributed by atoms with van der Waals surface area (Å²) in [6.45, 7) is 2.64. The second-order valence-electron chi connectivity index (χ2n) is 3.79. The van der Waals surface area contributed by atoms with Crippen molar-refractivity contribution in [2.45, 2.75) is 13.3 Å². The van der Waals surface area contributed by atoms with E-state index in [1.807, 2.05) is 6.92 Å². The molecule has 1 aliphatic heterocycles. The third-order valence-electron chi connectivity index (χ3n) is 2.43. The first-order chi connectivity index (χ1) is 7.20. The highest BCUT2D eigenvalue weighted by atomic mass is 79.9. The number of amides is 1. The summed E-state index contributed by atoms with van der Waals surface area (Å²) in [4.78, 5) is 21.6. The molecule has 4 nitrogen and oxygen atoms in total. The molecule has 1 aromatic rings. The molecule has 0 radical (unpaired) electrons. The van der Waals surface area contributed by atoms with E-state index in [0.29, 0.717) is 24.8 Å². The van der Waals surface area contributed by atoms with Gasteiger partial charge in [0.1, 0.15) is 0 Å². The van der Waals surface area contributed by atoms with E-state index < -0.39 is 0 Å². The zero-order valence-electron chi connectivity index (χ0n) is 8.48. The monoisotopic (exact) mass is 269 g/mol. The first-order valence-corrected chi connectivity index (χ1v) is 5.98. The number of rotatable bonds is 2. The van der Waals surface area contributed by atoms with E-state index in [0.717, 1.165) is 10.9 Å². The molecule has 2 heterocycles. The third-order valence-corrected chi connectivity index (χ3v) is 3.35. The number of alkyl halides is 1. The van der Waals surface area contributed by atoms with Gasteiger partial charge in [-0.1, -0.05) is 15.9 Å². The molecule has 1 atom stereocenters. The first kappa shape index (κ1) is 10.5. The molecule has 1 aliphatic rings. The number of nitrogens with zero attached hydrogens (tertiary/aromatic N) is 3. The Balaban J connectivity index is 2.18. The zero-order chi connectivity index (χ0) is 10.8. The van der Waals surface area contributed by atoms with Crippen molar-refractivity contribution in [2.75, 3.05) is 16.8 Å². The van der Waals surface area contributed by atoms with Gasteiger partial charge in [-0.3, -0.25) is 9.69 Å². The molecule has 1 saturated heterocycles. The van der Waals surface area contributed by atoms with Crippen LogP contribution in [0, 0.1) is 12.8 Å². The van der Waals surface area contributed by atoms with Gasteiger partial charge in [-0.25, -0.2) is 9.97 Å². The third kappa shape index (κ3) is 2.17. The van der Waals surface area contributed by atoms with Gasteiger partial charge < -0.3 is 0 Å². The number of carbonyl (C=O) groups excluding carboxylic acids is 1. The van der Waals surface area contributed by atoms with Crippen LogP contribution in [0.25, 0.3) is 0 Å². The van der Waals surface area contributed by atoms with Gasteiger partial charge in [0, 0.05) is 30.7 Å².